The van der Waals surface area contributed by atoms with Crippen LogP contribution in [0.2, 0.25) is 0 Å². The topological polar surface area (TPSA) is 29.4 Å². The van der Waals surface area contributed by atoms with Crippen LogP contribution in [0, 0.1) is 0 Å². The zero-order valence-electron chi connectivity index (χ0n) is 10.1. The second-order valence-electron chi connectivity index (χ2n) is 3.51. The molecule has 0 fully saturated rings. The number of aliphatic imine (C=N–C) groups is 1. The van der Waals surface area contributed by atoms with E-state index in [1.807, 2.05) is 66.7 Å². The van der Waals surface area contributed by atoms with E-state index in [0.717, 1.165) is 5.56 Å². The van der Waals surface area contributed by atoms with Crippen LogP contribution in [0.3, 0.4) is 0 Å². The van der Waals surface area contributed by atoms with Crippen molar-refractivity contribution in [3.05, 3.63) is 78.4 Å². The Labute approximate surface area is 107 Å². The van der Waals surface area contributed by atoms with E-state index in [1.165, 1.54) is 11.6 Å². The SMILES string of the molecule is C=Cc1ccccc1.O=C=NCc1ccccc1. The van der Waals surface area contributed by atoms with E-state index in [0.29, 0.717) is 6.54 Å². The molecule has 0 spiro atoms. The molecule has 18 heavy (non-hydrogen) atoms. The standard InChI is InChI=1S/C8H7NO.C8H8/c10-7-9-6-8-4-2-1-3-5-8;1-2-8-6-4-3-5-7-8/h1-5H,6H2;2-7H,1H2. The van der Waals surface area contributed by atoms with E-state index in [9.17, 15) is 4.79 Å². The number of carbonyl (C=O) groups excluding carboxylic acids is 1. The predicted molar refractivity (Wildman–Crippen MR) is 74.8 cm³/mol. The molecular weight excluding hydrogens is 222 g/mol. The Morgan fingerprint density at radius 3 is 2.00 bits per heavy atom. The maximum atomic E-state index is 9.69. The van der Waals surface area contributed by atoms with Crippen LogP contribution in [-0.2, 0) is 11.3 Å². The Kier molecular flexibility index (Phi) is 6.57. The fraction of sp³-hybridized carbons (Fsp3) is 0.0625. The Balaban J connectivity index is 0.000000184. The first-order valence-electron chi connectivity index (χ1n) is 5.62. The highest BCUT2D eigenvalue weighted by Crippen LogP contribution is 1.98. The van der Waals surface area contributed by atoms with Gasteiger partial charge < -0.3 is 0 Å². The van der Waals surface area contributed by atoms with Gasteiger partial charge in [0.1, 0.15) is 0 Å². The van der Waals surface area contributed by atoms with Gasteiger partial charge in [0.15, 0.2) is 0 Å². The summed E-state index contributed by atoms with van der Waals surface area (Å²) in [5, 5.41) is 0. The van der Waals surface area contributed by atoms with E-state index >= 15 is 0 Å². The maximum absolute atomic E-state index is 9.69. The number of isocyanates is 1. The van der Waals surface area contributed by atoms with Crippen molar-refractivity contribution in [2.75, 3.05) is 0 Å². The quantitative estimate of drug-likeness (QED) is 0.589. The van der Waals surface area contributed by atoms with Gasteiger partial charge in [0.2, 0.25) is 6.08 Å². The van der Waals surface area contributed by atoms with Crippen molar-refractivity contribution in [1.82, 2.24) is 0 Å². The van der Waals surface area contributed by atoms with Crippen molar-refractivity contribution in [2.45, 2.75) is 6.54 Å². The van der Waals surface area contributed by atoms with Gasteiger partial charge in [-0.05, 0) is 11.1 Å². The number of nitrogens with zero attached hydrogens (tertiary/aromatic N) is 1. The first kappa shape index (κ1) is 13.6. The zero-order valence-corrected chi connectivity index (χ0v) is 10.1. The monoisotopic (exact) mass is 237 g/mol. The molecule has 0 bridgehead atoms. The molecule has 0 amide bonds. The second-order valence-corrected chi connectivity index (χ2v) is 3.51. The van der Waals surface area contributed by atoms with E-state index in [2.05, 4.69) is 11.6 Å². The van der Waals surface area contributed by atoms with E-state index in [4.69, 9.17) is 0 Å². The van der Waals surface area contributed by atoms with Gasteiger partial charge >= 0.3 is 0 Å². The van der Waals surface area contributed by atoms with E-state index < -0.39 is 0 Å². The minimum absolute atomic E-state index is 0.435. The molecule has 0 atom stereocenters. The molecule has 0 aromatic heterocycles. The average molecular weight is 237 g/mol. The molecule has 0 N–H and O–H groups in total. The third-order valence-electron chi connectivity index (χ3n) is 2.20. The van der Waals surface area contributed by atoms with Crippen LogP contribution in [0.4, 0.5) is 0 Å². The summed E-state index contributed by atoms with van der Waals surface area (Å²) in [6, 6.07) is 19.6. The minimum atomic E-state index is 0.435. The van der Waals surface area contributed by atoms with Crippen molar-refractivity contribution in [1.29, 1.82) is 0 Å². The molecule has 0 radical (unpaired) electrons. The highest BCUT2D eigenvalue weighted by molar-refractivity contribution is 5.45. The van der Waals surface area contributed by atoms with Crippen LogP contribution in [-0.4, -0.2) is 6.08 Å². The van der Waals surface area contributed by atoms with Crippen LogP contribution < -0.4 is 0 Å². The summed E-state index contributed by atoms with van der Waals surface area (Å²) in [4.78, 5) is 13.1. The van der Waals surface area contributed by atoms with Crippen LogP contribution in [0.1, 0.15) is 11.1 Å². The lowest BCUT2D eigenvalue weighted by molar-refractivity contribution is 0.563. The number of hydrogen-bond acceptors (Lipinski definition) is 2. The lowest BCUT2D eigenvalue weighted by Gasteiger charge is -1.89. The van der Waals surface area contributed by atoms with Gasteiger partial charge in [0, 0.05) is 0 Å². The van der Waals surface area contributed by atoms with Crippen LogP contribution >= 0.6 is 0 Å². The first-order valence-corrected chi connectivity index (χ1v) is 5.62. The fourth-order valence-corrected chi connectivity index (χ4v) is 1.30. The second kappa shape index (κ2) is 8.68. The molecule has 0 aliphatic rings. The molecule has 2 rings (SSSR count). The molecule has 2 nitrogen and oxygen atoms in total. The number of rotatable bonds is 3. The first-order chi connectivity index (χ1) is 8.86. The van der Waals surface area contributed by atoms with Crippen LogP contribution in [0.5, 0.6) is 0 Å². The Hall–Kier alpha value is -2.44. The van der Waals surface area contributed by atoms with Crippen molar-refractivity contribution >= 4 is 12.2 Å². The van der Waals surface area contributed by atoms with Gasteiger partial charge in [-0.2, -0.15) is 0 Å². The van der Waals surface area contributed by atoms with Crippen molar-refractivity contribution in [3.63, 3.8) is 0 Å². The molecule has 0 unspecified atom stereocenters. The average Bonchev–Trinajstić information content (AvgIpc) is 2.48. The summed E-state index contributed by atoms with van der Waals surface area (Å²) in [7, 11) is 0. The summed E-state index contributed by atoms with van der Waals surface area (Å²) >= 11 is 0. The summed E-state index contributed by atoms with van der Waals surface area (Å²) in [5.41, 5.74) is 2.21. The highest BCUT2D eigenvalue weighted by atomic mass is 16.1. The Morgan fingerprint density at radius 2 is 1.56 bits per heavy atom. The smallest absolute Gasteiger partial charge is 0.211 e. The number of benzene rings is 2. The van der Waals surface area contributed by atoms with Gasteiger partial charge in [-0.15, -0.1) is 0 Å². The highest BCUT2D eigenvalue weighted by Gasteiger charge is 1.84. The van der Waals surface area contributed by atoms with Crippen LogP contribution in [0.15, 0.2) is 72.2 Å². The van der Waals surface area contributed by atoms with E-state index in [-0.39, 0.29) is 0 Å². The summed E-state index contributed by atoms with van der Waals surface area (Å²) in [5.74, 6) is 0. The van der Waals surface area contributed by atoms with E-state index in [1.54, 1.807) is 0 Å². The molecular formula is C16H15NO. The predicted octanol–water partition coefficient (Wildman–Crippen LogP) is 3.85. The lowest BCUT2D eigenvalue weighted by atomic mass is 10.2. The number of hydrogen-bond donors (Lipinski definition) is 0. The zero-order chi connectivity index (χ0) is 13.1. The van der Waals surface area contributed by atoms with Crippen molar-refractivity contribution < 1.29 is 4.79 Å². The van der Waals surface area contributed by atoms with Crippen molar-refractivity contribution in [2.24, 2.45) is 4.99 Å². The van der Waals surface area contributed by atoms with Gasteiger partial charge in [0.25, 0.3) is 0 Å². The molecule has 2 aromatic carbocycles. The fourth-order valence-electron chi connectivity index (χ4n) is 1.30. The molecule has 2 aromatic rings. The van der Waals surface area contributed by atoms with Gasteiger partial charge in [-0.25, -0.2) is 9.79 Å². The van der Waals surface area contributed by atoms with Gasteiger partial charge in [0.05, 0.1) is 6.54 Å². The minimum Gasteiger partial charge on any atom is -0.211 e. The molecule has 2 heteroatoms. The third-order valence-corrected chi connectivity index (χ3v) is 2.20. The lowest BCUT2D eigenvalue weighted by Crippen LogP contribution is -1.77. The molecule has 0 saturated heterocycles. The Bertz CT molecular complexity index is 499. The molecule has 0 aliphatic heterocycles. The summed E-state index contributed by atoms with van der Waals surface area (Å²) < 4.78 is 0. The largest absolute Gasteiger partial charge is 0.235 e. The summed E-state index contributed by atoms with van der Waals surface area (Å²) in [6.45, 7) is 4.07. The molecule has 0 aliphatic carbocycles. The van der Waals surface area contributed by atoms with Crippen molar-refractivity contribution in [3.8, 4) is 0 Å². The third kappa shape index (κ3) is 5.59. The van der Waals surface area contributed by atoms with Gasteiger partial charge in [-0.3, -0.25) is 0 Å². The molecule has 0 saturated carbocycles. The summed E-state index contributed by atoms with van der Waals surface area (Å²) in [6.07, 6.45) is 3.32. The normalized spacial score (nSPS) is 8.44. The molecule has 90 valence electrons. The van der Waals surface area contributed by atoms with Gasteiger partial charge in [-0.1, -0.05) is 73.3 Å². The van der Waals surface area contributed by atoms with Crippen LogP contribution in [0.25, 0.3) is 6.08 Å². The molecule has 0 heterocycles. The Morgan fingerprint density at radius 1 is 1.00 bits per heavy atom. The maximum Gasteiger partial charge on any atom is 0.235 e.